The highest BCUT2D eigenvalue weighted by atomic mass is 35.5. The van der Waals surface area contributed by atoms with Gasteiger partial charge in [0.1, 0.15) is 22.1 Å². The van der Waals surface area contributed by atoms with E-state index in [4.69, 9.17) is 30.5 Å². The minimum absolute atomic E-state index is 0.00232. The molecule has 0 fully saturated rings. The number of aliphatic imine (C=N–C) groups is 1. The normalized spacial score (nSPS) is 15.9. The van der Waals surface area contributed by atoms with Crippen molar-refractivity contribution in [3.8, 4) is 17.2 Å². The smallest absolute Gasteiger partial charge is 0.344 e. The molecule has 2 aromatic carbocycles. The lowest BCUT2D eigenvalue weighted by Gasteiger charge is -2.12. The minimum Gasteiger partial charge on any atom is -0.506 e. The second kappa shape index (κ2) is 10.5. The molecule has 32 heavy (non-hydrogen) atoms. The Morgan fingerprint density at radius 1 is 1.06 bits per heavy atom. The Bertz CT molecular complexity index is 1110. The lowest BCUT2D eigenvalue weighted by molar-refractivity contribution is -0.138. The number of aliphatic hydroxyl groups is 1. The fraction of sp³-hybridized carbons (Fsp3) is 0.217. The highest BCUT2D eigenvalue weighted by molar-refractivity contribution is 8.18. The van der Waals surface area contributed by atoms with Gasteiger partial charge in [-0.05, 0) is 43.3 Å². The van der Waals surface area contributed by atoms with Crippen molar-refractivity contribution in [2.45, 2.75) is 6.92 Å². The fourth-order valence-corrected chi connectivity index (χ4v) is 4.08. The van der Waals surface area contributed by atoms with E-state index in [1.54, 1.807) is 49.4 Å². The van der Waals surface area contributed by atoms with Crippen LogP contribution in [0.1, 0.15) is 12.5 Å². The molecule has 2 aromatic rings. The van der Waals surface area contributed by atoms with Gasteiger partial charge < -0.3 is 24.1 Å². The van der Waals surface area contributed by atoms with Crippen molar-refractivity contribution in [2.24, 2.45) is 4.99 Å². The van der Waals surface area contributed by atoms with Crippen LogP contribution in [0.15, 0.2) is 57.6 Å². The SMILES string of the molecule is CCOC(=O)C1=C(O)/C(=C\c2cc(OC)c(OC)cc2OC)SC1=Nc1ccc(Cl)cc1. The Morgan fingerprint density at radius 2 is 1.69 bits per heavy atom. The molecule has 0 radical (unpaired) electrons. The zero-order valence-corrected chi connectivity index (χ0v) is 19.5. The third-order valence-corrected chi connectivity index (χ3v) is 5.72. The van der Waals surface area contributed by atoms with Crippen LogP contribution in [0.5, 0.6) is 17.2 Å². The molecule has 0 bridgehead atoms. The van der Waals surface area contributed by atoms with Gasteiger partial charge in [0.25, 0.3) is 0 Å². The predicted octanol–water partition coefficient (Wildman–Crippen LogP) is 5.56. The zero-order chi connectivity index (χ0) is 23.3. The Kier molecular flexibility index (Phi) is 7.71. The summed E-state index contributed by atoms with van der Waals surface area (Å²) < 4.78 is 21.3. The second-order valence-corrected chi connectivity index (χ2v) is 7.86. The van der Waals surface area contributed by atoms with Crippen LogP contribution in [0.3, 0.4) is 0 Å². The van der Waals surface area contributed by atoms with Gasteiger partial charge in [0, 0.05) is 16.7 Å². The molecule has 0 aliphatic carbocycles. The largest absolute Gasteiger partial charge is 0.506 e. The summed E-state index contributed by atoms with van der Waals surface area (Å²) in [5.41, 5.74) is 1.20. The Morgan fingerprint density at radius 3 is 2.28 bits per heavy atom. The third kappa shape index (κ3) is 5.03. The molecule has 9 heteroatoms. The van der Waals surface area contributed by atoms with Crippen LogP contribution in [0, 0.1) is 0 Å². The maximum absolute atomic E-state index is 12.6. The summed E-state index contributed by atoms with van der Waals surface area (Å²) in [5, 5.41) is 11.8. The molecule has 1 heterocycles. The molecule has 0 aromatic heterocycles. The van der Waals surface area contributed by atoms with Crippen molar-refractivity contribution in [3.05, 3.63) is 63.2 Å². The summed E-state index contributed by atoms with van der Waals surface area (Å²) >= 11 is 7.09. The number of carbonyl (C=O) groups excluding carboxylic acids is 1. The molecule has 0 unspecified atom stereocenters. The van der Waals surface area contributed by atoms with Crippen LogP contribution < -0.4 is 14.2 Å². The Labute approximate surface area is 195 Å². The van der Waals surface area contributed by atoms with Crippen LogP contribution in [-0.2, 0) is 9.53 Å². The van der Waals surface area contributed by atoms with Gasteiger partial charge >= 0.3 is 5.97 Å². The first kappa shape index (κ1) is 23.6. The number of nitrogens with zero attached hydrogens (tertiary/aromatic N) is 1. The van der Waals surface area contributed by atoms with E-state index in [0.717, 1.165) is 11.8 Å². The molecule has 1 aliphatic heterocycles. The Hall–Kier alpha value is -3.10. The van der Waals surface area contributed by atoms with E-state index in [1.807, 2.05) is 0 Å². The summed E-state index contributed by atoms with van der Waals surface area (Å²) in [5.74, 6) is 0.616. The summed E-state index contributed by atoms with van der Waals surface area (Å²) in [7, 11) is 4.58. The van der Waals surface area contributed by atoms with Crippen LogP contribution >= 0.6 is 23.4 Å². The summed E-state index contributed by atoms with van der Waals surface area (Å²) in [6.07, 6.45) is 1.68. The number of benzene rings is 2. The molecule has 0 amide bonds. The second-order valence-electron chi connectivity index (χ2n) is 6.40. The van der Waals surface area contributed by atoms with Crippen molar-refractivity contribution < 1.29 is 28.8 Å². The molecular formula is C23H22ClNO6S. The average Bonchev–Trinajstić information content (AvgIpc) is 3.09. The number of thioether (sulfide) groups is 1. The van der Waals surface area contributed by atoms with E-state index in [0.29, 0.717) is 43.5 Å². The van der Waals surface area contributed by atoms with Gasteiger partial charge in [0.05, 0.1) is 38.5 Å². The van der Waals surface area contributed by atoms with Crippen molar-refractivity contribution in [1.82, 2.24) is 0 Å². The highest BCUT2D eigenvalue weighted by Gasteiger charge is 2.33. The fourth-order valence-electron chi connectivity index (χ4n) is 2.93. The van der Waals surface area contributed by atoms with Crippen molar-refractivity contribution in [2.75, 3.05) is 27.9 Å². The summed E-state index contributed by atoms with van der Waals surface area (Å²) in [6, 6.07) is 10.2. The van der Waals surface area contributed by atoms with Gasteiger partial charge in [-0.15, -0.1) is 0 Å². The van der Waals surface area contributed by atoms with E-state index in [1.165, 1.54) is 21.3 Å². The number of carbonyl (C=O) groups is 1. The maximum Gasteiger partial charge on any atom is 0.344 e. The molecule has 168 valence electrons. The molecule has 0 atom stereocenters. The van der Waals surface area contributed by atoms with Crippen LogP contribution in [0.25, 0.3) is 6.08 Å². The lowest BCUT2D eigenvalue weighted by atomic mass is 10.1. The molecule has 0 saturated heterocycles. The molecule has 1 aliphatic rings. The number of aliphatic hydroxyl groups excluding tert-OH is 1. The van der Waals surface area contributed by atoms with Gasteiger partial charge in [0.15, 0.2) is 11.5 Å². The molecule has 3 rings (SSSR count). The van der Waals surface area contributed by atoms with Gasteiger partial charge in [-0.25, -0.2) is 9.79 Å². The monoisotopic (exact) mass is 475 g/mol. The molecule has 0 saturated carbocycles. The van der Waals surface area contributed by atoms with E-state index >= 15 is 0 Å². The van der Waals surface area contributed by atoms with E-state index in [9.17, 15) is 9.90 Å². The van der Waals surface area contributed by atoms with E-state index < -0.39 is 5.97 Å². The van der Waals surface area contributed by atoms with Crippen LogP contribution in [0.4, 0.5) is 5.69 Å². The van der Waals surface area contributed by atoms with Gasteiger partial charge in [-0.2, -0.15) is 0 Å². The van der Waals surface area contributed by atoms with E-state index in [-0.39, 0.29) is 17.9 Å². The quantitative estimate of drug-likeness (QED) is 0.524. The van der Waals surface area contributed by atoms with Gasteiger partial charge in [-0.1, -0.05) is 23.4 Å². The van der Waals surface area contributed by atoms with E-state index in [2.05, 4.69) is 4.99 Å². The van der Waals surface area contributed by atoms with Crippen molar-refractivity contribution >= 4 is 46.1 Å². The summed E-state index contributed by atoms with van der Waals surface area (Å²) in [6.45, 7) is 1.86. The number of ether oxygens (including phenoxy) is 4. The molecule has 7 nitrogen and oxygen atoms in total. The number of rotatable bonds is 7. The number of hydrogen-bond acceptors (Lipinski definition) is 8. The van der Waals surface area contributed by atoms with Crippen molar-refractivity contribution in [1.29, 1.82) is 0 Å². The zero-order valence-electron chi connectivity index (χ0n) is 18.0. The van der Waals surface area contributed by atoms with Crippen molar-refractivity contribution in [3.63, 3.8) is 0 Å². The number of methoxy groups -OCH3 is 3. The van der Waals surface area contributed by atoms with Crippen LogP contribution in [-0.4, -0.2) is 44.1 Å². The Balaban J connectivity index is 2.10. The first-order chi connectivity index (χ1) is 15.4. The van der Waals surface area contributed by atoms with Crippen LogP contribution in [0.2, 0.25) is 5.02 Å². The summed E-state index contributed by atoms with van der Waals surface area (Å²) in [4.78, 5) is 17.5. The average molecular weight is 476 g/mol. The lowest BCUT2D eigenvalue weighted by Crippen LogP contribution is -2.12. The minimum atomic E-state index is -0.659. The predicted molar refractivity (Wildman–Crippen MR) is 127 cm³/mol. The third-order valence-electron chi connectivity index (χ3n) is 4.45. The molecular weight excluding hydrogens is 454 g/mol. The maximum atomic E-state index is 12.6. The highest BCUT2D eigenvalue weighted by Crippen LogP contribution is 2.43. The molecule has 0 spiro atoms. The topological polar surface area (TPSA) is 86.6 Å². The molecule has 1 N–H and O–H groups in total. The number of halogens is 1. The standard InChI is InChI=1S/C23H22ClNO6S/c1-5-31-23(27)20-21(26)19(32-22(20)25-15-8-6-14(24)7-9-15)11-13-10-17(29-3)18(30-4)12-16(13)28-2/h6-12,26H,5H2,1-4H3/b19-11+,25-22?. The number of esters is 1. The first-order valence-corrected chi connectivity index (χ1v) is 10.8. The number of hydrogen-bond donors (Lipinski definition) is 1. The first-order valence-electron chi connectivity index (χ1n) is 9.56. The van der Waals surface area contributed by atoms with Gasteiger partial charge in [0.2, 0.25) is 0 Å². The van der Waals surface area contributed by atoms with Gasteiger partial charge in [-0.3, -0.25) is 0 Å².